The van der Waals surface area contributed by atoms with Gasteiger partial charge in [-0.1, -0.05) is 29.3 Å². The summed E-state index contributed by atoms with van der Waals surface area (Å²) in [4.78, 5) is 24.3. The molecule has 0 fully saturated rings. The van der Waals surface area contributed by atoms with Crippen LogP contribution >= 0.6 is 23.2 Å². The van der Waals surface area contributed by atoms with Crippen LogP contribution in [0.15, 0.2) is 24.4 Å². The zero-order chi connectivity index (χ0) is 19.6. The lowest BCUT2D eigenvalue weighted by Gasteiger charge is -2.15. The maximum absolute atomic E-state index is 12.9. The van der Waals surface area contributed by atoms with Crippen molar-refractivity contribution in [2.45, 2.75) is 19.1 Å². The number of carbonyl (C=O) groups excluding carboxylic acids is 2. The smallest absolute Gasteiger partial charge is 0.340 e. The van der Waals surface area contributed by atoms with E-state index in [0.717, 1.165) is 10.9 Å². The number of carbonyl (C=O) groups is 2. The summed E-state index contributed by atoms with van der Waals surface area (Å²) in [5.41, 5.74) is -1.70. The number of aryl methyl sites for hydroxylation is 1. The van der Waals surface area contributed by atoms with Crippen molar-refractivity contribution >= 4 is 40.7 Å². The third-order valence-electron chi connectivity index (χ3n) is 3.29. The van der Waals surface area contributed by atoms with Gasteiger partial charge in [0.15, 0.2) is 5.69 Å². The lowest BCUT2D eigenvalue weighted by Crippen LogP contribution is -2.41. The molecule has 0 aliphatic rings. The molecule has 2 rings (SSSR count). The number of halogens is 5. The second-order valence-electron chi connectivity index (χ2n) is 5.35. The molecule has 1 aromatic heterocycles. The van der Waals surface area contributed by atoms with E-state index in [1.807, 2.05) is 0 Å². The fourth-order valence-electron chi connectivity index (χ4n) is 2.05. The Morgan fingerprint density at radius 3 is 2.54 bits per heavy atom. The summed E-state index contributed by atoms with van der Waals surface area (Å²) in [5.74, 6) is -1.54. The van der Waals surface area contributed by atoms with Gasteiger partial charge in [-0.25, -0.2) is 0 Å². The van der Waals surface area contributed by atoms with Gasteiger partial charge < -0.3 is 10.6 Å². The van der Waals surface area contributed by atoms with Crippen LogP contribution in [0.2, 0.25) is 10.0 Å². The molecule has 11 heteroatoms. The van der Waals surface area contributed by atoms with Gasteiger partial charge in [0.1, 0.15) is 6.04 Å². The van der Waals surface area contributed by atoms with Crippen LogP contribution in [-0.2, 0) is 18.0 Å². The summed E-state index contributed by atoms with van der Waals surface area (Å²) in [5, 5.41) is 7.89. The molecule has 1 aromatic carbocycles. The molecule has 2 N–H and O–H groups in total. The van der Waals surface area contributed by atoms with E-state index in [0.29, 0.717) is 0 Å². The Hall–Kier alpha value is -2.26. The zero-order valence-corrected chi connectivity index (χ0v) is 15.0. The Labute approximate surface area is 156 Å². The summed E-state index contributed by atoms with van der Waals surface area (Å²) in [6.07, 6.45) is -3.71. The first-order valence-corrected chi connectivity index (χ1v) is 7.93. The lowest BCUT2D eigenvalue weighted by atomic mass is 10.2. The van der Waals surface area contributed by atoms with Crippen LogP contribution in [0, 0.1) is 0 Å². The normalized spacial score (nSPS) is 12.6. The molecule has 0 saturated carbocycles. The number of nitrogens with one attached hydrogen (secondary N) is 2. The highest BCUT2D eigenvalue weighted by Gasteiger charge is 2.38. The number of rotatable bonds is 4. The highest BCUT2D eigenvalue weighted by Crippen LogP contribution is 2.33. The molecular weight excluding hydrogens is 396 g/mol. The second-order valence-corrected chi connectivity index (χ2v) is 6.13. The molecule has 0 bridgehead atoms. The molecule has 0 aliphatic heterocycles. The maximum atomic E-state index is 12.9. The Bertz CT molecular complexity index is 852. The molecule has 6 nitrogen and oxygen atoms in total. The first-order chi connectivity index (χ1) is 12.0. The zero-order valence-electron chi connectivity index (χ0n) is 13.5. The molecule has 0 radical (unpaired) electrons. The molecule has 26 heavy (non-hydrogen) atoms. The fourth-order valence-corrected chi connectivity index (χ4v) is 2.44. The quantitative estimate of drug-likeness (QED) is 0.812. The molecule has 0 spiro atoms. The number of hydrogen-bond donors (Lipinski definition) is 2. The van der Waals surface area contributed by atoms with Gasteiger partial charge in [-0.3, -0.25) is 14.3 Å². The van der Waals surface area contributed by atoms with E-state index in [4.69, 9.17) is 23.2 Å². The summed E-state index contributed by atoms with van der Waals surface area (Å²) >= 11 is 11.7. The summed E-state index contributed by atoms with van der Waals surface area (Å²) in [7, 11) is 1.29. The number of aromatic nitrogens is 2. The summed E-state index contributed by atoms with van der Waals surface area (Å²) < 4.78 is 39.6. The Kier molecular flexibility index (Phi) is 5.82. The standard InChI is InChI=1S/C15H13Cl2F3N4O2/c1-7(21-14(26)8-4-3-5-9(16)11(8)17)13(25)22-10-6-24(2)23-12(10)15(18,19)20/h3-7H,1-2H3,(H,21,26)(H,22,25)/t7-/m0/s1. The predicted octanol–water partition coefficient (Wildman–Crippen LogP) is 3.50. The Balaban J connectivity index is 2.11. The maximum Gasteiger partial charge on any atom is 0.437 e. The molecule has 2 aromatic rings. The van der Waals surface area contributed by atoms with Crippen LogP contribution in [0.5, 0.6) is 0 Å². The highest BCUT2D eigenvalue weighted by molar-refractivity contribution is 6.43. The van der Waals surface area contributed by atoms with E-state index < -0.39 is 35.4 Å². The number of amides is 2. The molecule has 0 aliphatic carbocycles. The van der Waals surface area contributed by atoms with E-state index in [1.165, 1.54) is 32.2 Å². The van der Waals surface area contributed by atoms with E-state index in [2.05, 4.69) is 15.7 Å². The van der Waals surface area contributed by atoms with Crippen LogP contribution in [0.25, 0.3) is 0 Å². The van der Waals surface area contributed by atoms with Crippen molar-refractivity contribution in [2.75, 3.05) is 5.32 Å². The first kappa shape index (κ1) is 20.1. The van der Waals surface area contributed by atoms with Gasteiger partial charge in [0.05, 0.1) is 21.3 Å². The molecular formula is C15H13Cl2F3N4O2. The second kappa shape index (κ2) is 7.55. The summed E-state index contributed by atoms with van der Waals surface area (Å²) in [6.45, 7) is 1.31. The van der Waals surface area contributed by atoms with Crippen molar-refractivity contribution in [3.05, 3.63) is 45.7 Å². The van der Waals surface area contributed by atoms with Gasteiger partial charge in [-0.15, -0.1) is 0 Å². The van der Waals surface area contributed by atoms with Crippen LogP contribution in [0.4, 0.5) is 18.9 Å². The van der Waals surface area contributed by atoms with E-state index in [-0.39, 0.29) is 15.6 Å². The van der Waals surface area contributed by atoms with E-state index in [9.17, 15) is 22.8 Å². The van der Waals surface area contributed by atoms with Crippen LogP contribution < -0.4 is 10.6 Å². The van der Waals surface area contributed by atoms with Gasteiger partial charge in [-0.2, -0.15) is 18.3 Å². The van der Waals surface area contributed by atoms with Crippen LogP contribution in [0.1, 0.15) is 23.0 Å². The van der Waals surface area contributed by atoms with Gasteiger partial charge >= 0.3 is 6.18 Å². The minimum atomic E-state index is -4.73. The average molecular weight is 409 g/mol. The summed E-state index contributed by atoms with van der Waals surface area (Å²) in [6, 6.07) is 3.24. The molecule has 0 saturated heterocycles. The van der Waals surface area contributed by atoms with Crippen molar-refractivity contribution in [1.29, 1.82) is 0 Å². The van der Waals surface area contributed by atoms with Crippen molar-refractivity contribution in [3.8, 4) is 0 Å². The fraction of sp³-hybridized carbons (Fsp3) is 0.267. The minimum absolute atomic E-state index is 0.00546. The first-order valence-electron chi connectivity index (χ1n) is 7.17. The third kappa shape index (κ3) is 4.47. The Morgan fingerprint density at radius 2 is 1.92 bits per heavy atom. The SMILES string of the molecule is C[C@H](NC(=O)c1cccc(Cl)c1Cl)C(=O)Nc1cn(C)nc1C(F)(F)F. The molecule has 0 unspecified atom stereocenters. The third-order valence-corrected chi connectivity index (χ3v) is 4.11. The number of hydrogen-bond acceptors (Lipinski definition) is 3. The predicted molar refractivity (Wildman–Crippen MR) is 90.2 cm³/mol. The van der Waals surface area contributed by atoms with E-state index in [1.54, 1.807) is 0 Å². The van der Waals surface area contributed by atoms with Gasteiger partial charge in [-0.05, 0) is 19.1 Å². The van der Waals surface area contributed by atoms with Crippen molar-refractivity contribution in [3.63, 3.8) is 0 Å². The molecule has 140 valence electrons. The number of alkyl halides is 3. The molecule has 1 atom stereocenters. The largest absolute Gasteiger partial charge is 0.437 e. The molecule has 1 heterocycles. The lowest BCUT2D eigenvalue weighted by molar-refractivity contribution is -0.140. The number of anilines is 1. The van der Waals surface area contributed by atoms with Gasteiger partial charge in [0, 0.05) is 13.2 Å². The Morgan fingerprint density at radius 1 is 1.27 bits per heavy atom. The number of benzene rings is 1. The average Bonchev–Trinajstić information content (AvgIpc) is 2.90. The monoisotopic (exact) mass is 408 g/mol. The van der Waals surface area contributed by atoms with E-state index >= 15 is 0 Å². The van der Waals surface area contributed by atoms with Crippen molar-refractivity contribution < 1.29 is 22.8 Å². The molecule has 2 amide bonds. The van der Waals surface area contributed by atoms with Gasteiger partial charge in [0.2, 0.25) is 5.91 Å². The topological polar surface area (TPSA) is 76.0 Å². The van der Waals surface area contributed by atoms with Crippen LogP contribution in [0.3, 0.4) is 0 Å². The van der Waals surface area contributed by atoms with Crippen LogP contribution in [-0.4, -0.2) is 27.6 Å². The van der Waals surface area contributed by atoms with Crippen molar-refractivity contribution in [2.24, 2.45) is 7.05 Å². The van der Waals surface area contributed by atoms with Crippen molar-refractivity contribution in [1.82, 2.24) is 15.1 Å². The minimum Gasteiger partial charge on any atom is -0.340 e. The number of nitrogens with zero attached hydrogens (tertiary/aromatic N) is 2. The highest BCUT2D eigenvalue weighted by atomic mass is 35.5. The van der Waals surface area contributed by atoms with Gasteiger partial charge in [0.25, 0.3) is 5.91 Å².